The summed E-state index contributed by atoms with van der Waals surface area (Å²) in [5.74, 6) is 1.08. The average Bonchev–Trinajstić information content (AvgIpc) is 3.36. The molecule has 0 amide bonds. The first kappa shape index (κ1) is 23.4. The molecule has 1 aliphatic carbocycles. The summed E-state index contributed by atoms with van der Waals surface area (Å²) in [7, 11) is 5.44. The van der Waals surface area contributed by atoms with Gasteiger partial charge >= 0.3 is 5.97 Å². The lowest BCUT2D eigenvalue weighted by Crippen LogP contribution is -2.19. The number of carbonyl (C=O) groups is 1. The highest BCUT2D eigenvalue weighted by molar-refractivity contribution is 5.88. The monoisotopic (exact) mass is 462 g/mol. The first-order valence-corrected chi connectivity index (χ1v) is 11.4. The number of aromatic nitrogens is 2. The smallest absolute Gasteiger partial charge is 0.335 e. The number of rotatable bonds is 9. The third-order valence-electron chi connectivity index (χ3n) is 5.91. The van der Waals surface area contributed by atoms with E-state index in [4.69, 9.17) is 9.47 Å². The standard InChI is InChI=1S/C26H30N4O4/c1-29(2)26-27-15-18(16-28-26)17-30(20-10-8-19(9-11-20)25(31)32)21-12-13-23(33-3)24(14-21)34-22-6-4-5-7-22/h8-16,22H,4-7,17H2,1-3H3,(H,31,32). The molecule has 1 heterocycles. The molecule has 3 aromatic rings. The average molecular weight is 463 g/mol. The Morgan fingerprint density at radius 3 is 2.24 bits per heavy atom. The molecule has 1 aliphatic rings. The number of nitrogens with zero attached hydrogens (tertiary/aromatic N) is 4. The molecule has 0 atom stereocenters. The van der Waals surface area contributed by atoms with Crippen LogP contribution in [0, 0.1) is 0 Å². The van der Waals surface area contributed by atoms with Crippen LogP contribution in [0.4, 0.5) is 17.3 Å². The lowest BCUT2D eigenvalue weighted by molar-refractivity contribution is 0.0697. The van der Waals surface area contributed by atoms with Gasteiger partial charge in [-0.2, -0.15) is 0 Å². The quantitative estimate of drug-likeness (QED) is 0.480. The van der Waals surface area contributed by atoms with Crippen molar-refractivity contribution in [3.05, 3.63) is 66.0 Å². The number of hydrogen-bond acceptors (Lipinski definition) is 7. The third kappa shape index (κ3) is 5.39. The fraction of sp³-hybridized carbons (Fsp3) is 0.346. The van der Waals surface area contributed by atoms with Crippen LogP contribution >= 0.6 is 0 Å². The molecular formula is C26H30N4O4. The number of benzene rings is 2. The number of ether oxygens (including phenoxy) is 2. The molecule has 0 unspecified atom stereocenters. The molecule has 0 bridgehead atoms. The molecule has 0 spiro atoms. The van der Waals surface area contributed by atoms with Crippen LogP contribution in [0.5, 0.6) is 11.5 Å². The van der Waals surface area contributed by atoms with E-state index in [0.29, 0.717) is 24.0 Å². The van der Waals surface area contributed by atoms with E-state index in [2.05, 4.69) is 14.9 Å². The van der Waals surface area contributed by atoms with Crippen molar-refractivity contribution in [1.82, 2.24) is 9.97 Å². The fourth-order valence-corrected chi connectivity index (χ4v) is 4.07. The molecule has 1 N–H and O–H groups in total. The van der Waals surface area contributed by atoms with Gasteiger partial charge in [0.2, 0.25) is 5.95 Å². The van der Waals surface area contributed by atoms with Crippen molar-refractivity contribution in [2.24, 2.45) is 0 Å². The number of anilines is 3. The summed E-state index contributed by atoms with van der Waals surface area (Å²) in [6.07, 6.45) is 8.25. The highest BCUT2D eigenvalue weighted by Crippen LogP contribution is 2.37. The minimum atomic E-state index is -0.956. The molecule has 8 heteroatoms. The minimum Gasteiger partial charge on any atom is -0.493 e. The SMILES string of the molecule is COc1ccc(N(Cc2cnc(N(C)C)nc2)c2ccc(C(=O)O)cc2)cc1OC1CCCC1. The second-order valence-corrected chi connectivity index (χ2v) is 8.58. The summed E-state index contributed by atoms with van der Waals surface area (Å²) in [5.41, 5.74) is 2.90. The largest absolute Gasteiger partial charge is 0.493 e. The Morgan fingerprint density at radius 1 is 1.00 bits per heavy atom. The summed E-state index contributed by atoms with van der Waals surface area (Å²) >= 11 is 0. The predicted octanol–water partition coefficient (Wildman–Crippen LogP) is 4.91. The van der Waals surface area contributed by atoms with Crippen molar-refractivity contribution < 1.29 is 19.4 Å². The van der Waals surface area contributed by atoms with Gasteiger partial charge in [-0.3, -0.25) is 0 Å². The van der Waals surface area contributed by atoms with E-state index in [-0.39, 0.29) is 11.7 Å². The molecule has 34 heavy (non-hydrogen) atoms. The summed E-state index contributed by atoms with van der Waals surface area (Å²) in [6.45, 7) is 0.495. The zero-order valence-corrected chi connectivity index (χ0v) is 19.8. The molecule has 1 aromatic heterocycles. The van der Waals surface area contributed by atoms with Gasteiger partial charge in [0.25, 0.3) is 0 Å². The van der Waals surface area contributed by atoms with Gasteiger partial charge in [0.1, 0.15) is 0 Å². The van der Waals surface area contributed by atoms with Crippen molar-refractivity contribution in [3.63, 3.8) is 0 Å². The Kier molecular flexibility index (Phi) is 7.15. The van der Waals surface area contributed by atoms with Gasteiger partial charge in [-0.25, -0.2) is 14.8 Å². The van der Waals surface area contributed by atoms with Crippen molar-refractivity contribution in [3.8, 4) is 11.5 Å². The zero-order chi connectivity index (χ0) is 24.1. The van der Waals surface area contributed by atoms with Crippen LogP contribution in [-0.4, -0.2) is 48.4 Å². The van der Waals surface area contributed by atoms with E-state index < -0.39 is 5.97 Å². The third-order valence-corrected chi connectivity index (χ3v) is 5.91. The van der Waals surface area contributed by atoms with Crippen molar-refractivity contribution in [2.75, 3.05) is 31.0 Å². The number of hydrogen-bond donors (Lipinski definition) is 1. The molecule has 0 aliphatic heterocycles. The van der Waals surface area contributed by atoms with Crippen LogP contribution in [0.25, 0.3) is 0 Å². The van der Waals surface area contributed by atoms with Crippen molar-refractivity contribution >= 4 is 23.3 Å². The number of carboxylic acid groups (broad SMARTS) is 1. The van der Waals surface area contributed by atoms with Gasteiger partial charge in [0.15, 0.2) is 11.5 Å². The molecular weight excluding hydrogens is 432 g/mol. The second-order valence-electron chi connectivity index (χ2n) is 8.58. The highest BCUT2D eigenvalue weighted by atomic mass is 16.5. The first-order valence-electron chi connectivity index (χ1n) is 11.4. The summed E-state index contributed by atoms with van der Waals surface area (Å²) in [6, 6.07) is 12.7. The topological polar surface area (TPSA) is 88.0 Å². The lowest BCUT2D eigenvalue weighted by Gasteiger charge is -2.27. The summed E-state index contributed by atoms with van der Waals surface area (Å²) < 4.78 is 11.9. The van der Waals surface area contributed by atoms with E-state index in [0.717, 1.165) is 29.8 Å². The van der Waals surface area contributed by atoms with E-state index in [1.807, 2.05) is 37.2 Å². The van der Waals surface area contributed by atoms with Crippen LogP contribution in [-0.2, 0) is 6.54 Å². The fourth-order valence-electron chi connectivity index (χ4n) is 4.07. The molecule has 4 rings (SSSR count). The predicted molar refractivity (Wildman–Crippen MR) is 131 cm³/mol. The van der Waals surface area contributed by atoms with Crippen LogP contribution in [0.15, 0.2) is 54.9 Å². The highest BCUT2D eigenvalue weighted by Gasteiger charge is 2.20. The number of aromatic carboxylic acids is 1. The Bertz CT molecular complexity index is 1110. The van der Waals surface area contributed by atoms with Crippen LogP contribution in [0.1, 0.15) is 41.6 Å². The van der Waals surface area contributed by atoms with Crippen molar-refractivity contribution in [1.29, 1.82) is 0 Å². The molecule has 178 valence electrons. The Morgan fingerprint density at radius 2 is 1.65 bits per heavy atom. The van der Waals surface area contributed by atoms with Crippen LogP contribution in [0.3, 0.4) is 0 Å². The van der Waals surface area contributed by atoms with Crippen molar-refractivity contribution in [2.45, 2.75) is 38.3 Å². The maximum Gasteiger partial charge on any atom is 0.335 e. The van der Waals surface area contributed by atoms with E-state index in [1.165, 1.54) is 12.8 Å². The molecule has 0 saturated heterocycles. The lowest BCUT2D eigenvalue weighted by atomic mass is 10.1. The van der Waals surface area contributed by atoms with Gasteiger partial charge in [-0.15, -0.1) is 0 Å². The van der Waals surface area contributed by atoms with Crippen LogP contribution in [0.2, 0.25) is 0 Å². The van der Waals surface area contributed by atoms with Gasteiger partial charge in [0.05, 0.1) is 25.3 Å². The normalized spacial score (nSPS) is 13.5. The second kappa shape index (κ2) is 10.4. The number of carboxylic acids is 1. The van der Waals surface area contributed by atoms with Crippen LogP contribution < -0.4 is 19.3 Å². The Hall–Kier alpha value is -3.81. The zero-order valence-electron chi connectivity index (χ0n) is 19.8. The summed E-state index contributed by atoms with van der Waals surface area (Å²) in [5, 5.41) is 9.30. The summed E-state index contributed by atoms with van der Waals surface area (Å²) in [4.78, 5) is 24.1. The van der Waals surface area contributed by atoms with Gasteiger partial charge < -0.3 is 24.4 Å². The molecule has 2 aromatic carbocycles. The Balaban J connectivity index is 1.69. The number of methoxy groups -OCH3 is 1. The maximum absolute atomic E-state index is 11.3. The van der Waals surface area contributed by atoms with Gasteiger partial charge in [0, 0.05) is 49.5 Å². The van der Waals surface area contributed by atoms with Gasteiger partial charge in [-0.1, -0.05) is 0 Å². The van der Waals surface area contributed by atoms with Gasteiger partial charge in [-0.05, 0) is 62.1 Å². The van der Waals surface area contributed by atoms with E-state index in [9.17, 15) is 9.90 Å². The maximum atomic E-state index is 11.3. The van der Waals surface area contributed by atoms with E-state index >= 15 is 0 Å². The molecule has 8 nitrogen and oxygen atoms in total. The Labute approximate surface area is 199 Å². The molecule has 1 saturated carbocycles. The first-order chi connectivity index (χ1) is 16.4. The molecule has 0 radical (unpaired) electrons. The minimum absolute atomic E-state index is 0.194. The van der Waals surface area contributed by atoms with E-state index in [1.54, 1.807) is 43.8 Å². The molecule has 1 fully saturated rings.